The number of benzene rings is 2. The van der Waals surface area contributed by atoms with Crippen LogP contribution in [0.2, 0.25) is 5.02 Å². The van der Waals surface area contributed by atoms with Gasteiger partial charge in [-0.05, 0) is 42.8 Å². The molecule has 2 aromatic rings. The summed E-state index contributed by atoms with van der Waals surface area (Å²) in [6.45, 7) is 2.17. The van der Waals surface area contributed by atoms with Crippen molar-refractivity contribution in [2.75, 3.05) is 0 Å². The highest BCUT2D eigenvalue weighted by Gasteiger charge is 2.14. The van der Waals surface area contributed by atoms with Crippen LogP contribution in [0.4, 0.5) is 0 Å². The van der Waals surface area contributed by atoms with Gasteiger partial charge in [0.05, 0.1) is 0 Å². The van der Waals surface area contributed by atoms with Gasteiger partial charge >= 0.3 is 0 Å². The second kappa shape index (κ2) is 7.48. The Morgan fingerprint density at radius 1 is 1.29 bits per heavy atom. The maximum absolute atomic E-state index is 12.0. The topological polar surface area (TPSA) is 38.3 Å². The Morgan fingerprint density at radius 2 is 2.00 bits per heavy atom. The summed E-state index contributed by atoms with van der Waals surface area (Å²) in [6.07, 6.45) is -0.563. The number of hydrogen-bond donors (Lipinski definition) is 1. The third kappa shape index (κ3) is 5.06. The second-order valence-electron chi connectivity index (χ2n) is 4.56. The Balaban J connectivity index is 1.86. The smallest absolute Gasteiger partial charge is 0.261 e. The van der Waals surface area contributed by atoms with Gasteiger partial charge in [-0.25, -0.2) is 0 Å². The number of amides is 1. The van der Waals surface area contributed by atoms with Gasteiger partial charge in [0.2, 0.25) is 0 Å². The monoisotopic (exact) mass is 367 g/mol. The van der Waals surface area contributed by atoms with Crippen molar-refractivity contribution in [1.29, 1.82) is 0 Å². The summed E-state index contributed by atoms with van der Waals surface area (Å²) < 4.78 is 6.51. The Labute approximate surface area is 137 Å². The van der Waals surface area contributed by atoms with Gasteiger partial charge in [-0.15, -0.1) is 0 Å². The van der Waals surface area contributed by atoms with Crippen LogP contribution >= 0.6 is 27.5 Å². The van der Waals surface area contributed by atoms with Gasteiger partial charge < -0.3 is 10.1 Å². The van der Waals surface area contributed by atoms with Gasteiger partial charge in [0.25, 0.3) is 5.91 Å². The Morgan fingerprint density at radius 3 is 2.67 bits per heavy atom. The third-order valence-electron chi connectivity index (χ3n) is 2.86. The molecule has 2 aromatic carbocycles. The summed E-state index contributed by atoms with van der Waals surface area (Å²) in [4.78, 5) is 12.0. The van der Waals surface area contributed by atoms with Crippen LogP contribution in [0.25, 0.3) is 0 Å². The van der Waals surface area contributed by atoms with E-state index in [0.717, 1.165) is 10.0 Å². The maximum atomic E-state index is 12.0. The number of halogens is 2. The van der Waals surface area contributed by atoms with E-state index in [9.17, 15) is 4.79 Å². The van der Waals surface area contributed by atoms with Crippen molar-refractivity contribution in [1.82, 2.24) is 5.32 Å². The lowest BCUT2D eigenvalue weighted by Gasteiger charge is -2.15. The van der Waals surface area contributed by atoms with Gasteiger partial charge in [0, 0.05) is 16.0 Å². The fraction of sp³-hybridized carbons (Fsp3) is 0.188. The van der Waals surface area contributed by atoms with Gasteiger partial charge in [0.15, 0.2) is 6.10 Å². The Kier molecular flexibility index (Phi) is 5.65. The van der Waals surface area contributed by atoms with Crippen LogP contribution in [0, 0.1) is 0 Å². The molecule has 1 atom stereocenters. The SMILES string of the molecule is CC(Oc1cccc(Br)c1)C(=O)NCc1ccc(Cl)cc1. The van der Waals surface area contributed by atoms with Crippen LogP contribution in [0.5, 0.6) is 5.75 Å². The molecule has 0 spiro atoms. The second-order valence-corrected chi connectivity index (χ2v) is 5.91. The Hall–Kier alpha value is -1.52. The molecule has 1 N–H and O–H groups in total. The first-order valence-electron chi connectivity index (χ1n) is 6.49. The minimum atomic E-state index is -0.563. The number of carbonyl (C=O) groups excluding carboxylic acids is 1. The fourth-order valence-corrected chi connectivity index (χ4v) is 2.24. The predicted octanol–water partition coefficient (Wildman–Crippen LogP) is 4.19. The van der Waals surface area contributed by atoms with E-state index in [1.165, 1.54) is 0 Å². The molecule has 0 aliphatic heterocycles. The molecular weight excluding hydrogens is 354 g/mol. The van der Waals surface area contributed by atoms with Crippen LogP contribution in [-0.4, -0.2) is 12.0 Å². The summed E-state index contributed by atoms with van der Waals surface area (Å²) in [5, 5.41) is 3.51. The number of rotatable bonds is 5. The summed E-state index contributed by atoms with van der Waals surface area (Å²) in [5.41, 5.74) is 0.988. The maximum Gasteiger partial charge on any atom is 0.261 e. The highest BCUT2D eigenvalue weighted by atomic mass is 79.9. The predicted molar refractivity (Wildman–Crippen MR) is 87.5 cm³/mol. The molecule has 21 heavy (non-hydrogen) atoms. The van der Waals surface area contributed by atoms with Crippen molar-refractivity contribution in [3.63, 3.8) is 0 Å². The number of ether oxygens (including phenoxy) is 1. The molecule has 0 heterocycles. The lowest BCUT2D eigenvalue weighted by molar-refractivity contribution is -0.127. The molecule has 0 saturated carbocycles. The molecule has 1 unspecified atom stereocenters. The van der Waals surface area contributed by atoms with E-state index in [-0.39, 0.29) is 5.91 Å². The van der Waals surface area contributed by atoms with Crippen molar-refractivity contribution in [3.8, 4) is 5.75 Å². The summed E-state index contributed by atoms with van der Waals surface area (Å²) in [6, 6.07) is 14.7. The molecule has 0 aliphatic rings. The zero-order valence-corrected chi connectivity index (χ0v) is 13.8. The molecule has 5 heteroatoms. The van der Waals surface area contributed by atoms with Gasteiger partial charge in [-0.2, -0.15) is 0 Å². The molecule has 0 radical (unpaired) electrons. The lowest BCUT2D eigenvalue weighted by Crippen LogP contribution is -2.35. The van der Waals surface area contributed by atoms with Crippen LogP contribution in [-0.2, 0) is 11.3 Å². The molecule has 0 aliphatic carbocycles. The number of nitrogens with one attached hydrogen (secondary N) is 1. The van der Waals surface area contributed by atoms with Crippen LogP contribution < -0.4 is 10.1 Å². The third-order valence-corrected chi connectivity index (χ3v) is 3.60. The van der Waals surface area contributed by atoms with Crippen molar-refractivity contribution < 1.29 is 9.53 Å². The summed E-state index contributed by atoms with van der Waals surface area (Å²) in [7, 11) is 0. The Bertz CT molecular complexity index is 616. The molecule has 1 amide bonds. The molecule has 3 nitrogen and oxygen atoms in total. The molecule has 2 rings (SSSR count). The highest BCUT2D eigenvalue weighted by Crippen LogP contribution is 2.19. The van der Waals surface area contributed by atoms with E-state index in [1.54, 1.807) is 19.1 Å². The van der Waals surface area contributed by atoms with E-state index in [0.29, 0.717) is 17.3 Å². The molecule has 0 bridgehead atoms. The van der Waals surface area contributed by atoms with Gasteiger partial charge in [-0.3, -0.25) is 4.79 Å². The lowest BCUT2D eigenvalue weighted by atomic mass is 10.2. The van der Waals surface area contributed by atoms with Gasteiger partial charge in [0.1, 0.15) is 5.75 Å². The largest absolute Gasteiger partial charge is 0.481 e. The summed E-state index contributed by atoms with van der Waals surface area (Å²) >= 11 is 9.18. The average molecular weight is 369 g/mol. The minimum Gasteiger partial charge on any atom is -0.481 e. The van der Waals surface area contributed by atoms with E-state index in [4.69, 9.17) is 16.3 Å². The van der Waals surface area contributed by atoms with Crippen molar-refractivity contribution >= 4 is 33.4 Å². The molecule has 0 aromatic heterocycles. The van der Waals surface area contributed by atoms with E-state index >= 15 is 0 Å². The number of hydrogen-bond acceptors (Lipinski definition) is 2. The first kappa shape index (κ1) is 15.9. The standard InChI is InChI=1S/C16H15BrClNO2/c1-11(21-15-4-2-3-13(17)9-15)16(20)19-10-12-5-7-14(18)8-6-12/h2-9,11H,10H2,1H3,(H,19,20). The average Bonchev–Trinajstić information content (AvgIpc) is 2.46. The fourth-order valence-electron chi connectivity index (χ4n) is 1.73. The van der Waals surface area contributed by atoms with E-state index < -0.39 is 6.10 Å². The van der Waals surface area contributed by atoms with E-state index in [2.05, 4.69) is 21.2 Å². The molecule has 110 valence electrons. The van der Waals surface area contributed by atoms with Crippen LogP contribution in [0.1, 0.15) is 12.5 Å². The zero-order valence-electron chi connectivity index (χ0n) is 11.5. The quantitative estimate of drug-likeness (QED) is 0.859. The number of carbonyl (C=O) groups is 1. The minimum absolute atomic E-state index is 0.162. The molecular formula is C16H15BrClNO2. The van der Waals surface area contributed by atoms with Crippen LogP contribution in [0.3, 0.4) is 0 Å². The van der Waals surface area contributed by atoms with Crippen molar-refractivity contribution in [2.45, 2.75) is 19.6 Å². The van der Waals surface area contributed by atoms with Crippen LogP contribution in [0.15, 0.2) is 53.0 Å². The zero-order chi connectivity index (χ0) is 15.2. The first-order chi connectivity index (χ1) is 10.0. The van der Waals surface area contributed by atoms with Crippen molar-refractivity contribution in [3.05, 3.63) is 63.6 Å². The first-order valence-corrected chi connectivity index (χ1v) is 7.66. The molecule has 0 fully saturated rings. The van der Waals surface area contributed by atoms with E-state index in [1.807, 2.05) is 36.4 Å². The molecule has 0 saturated heterocycles. The van der Waals surface area contributed by atoms with Gasteiger partial charge in [-0.1, -0.05) is 45.7 Å². The van der Waals surface area contributed by atoms with Crippen molar-refractivity contribution in [2.24, 2.45) is 0 Å². The summed E-state index contributed by atoms with van der Waals surface area (Å²) in [5.74, 6) is 0.489. The highest BCUT2D eigenvalue weighted by molar-refractivity contribution is 9.10. The normalized spacial score (nSPS) is 11.8.